The molecule has 196 valence electrons. The smallest absolute Gasteiger partial charge is 0.160 e. The summed E-state index contributed by atoms with van der Waals surface area (Å²) < 4.78 is 0. The Labute approximate surface area is 243 Å². The largest absolute Gasteiger partial charge is 0.256 e. The van der Waals surface area contributed by atoms with E-state index in [4.69, 9.17) is 15.0 Å². The lowest BCUT2D eigenvalue weighted by Crippen LogP contribution is -1.96. The van der Waals surface area contributed by atoms with Crippen LogP contribution in [0.4, 0.5) is 0 Å². The molecule has 0 saturated carbocycles. The summed E-state index contributed by atoms with van der Waals surface area (Å²) in [5.74, 6) is 0.709. The summed E-state index contributed by atoms with van der Waals surface area (Å²) in [6.45, 7) is 0. The van der Waals surface area contributed by atoms with Gasteiger partial charge in [0.15, 0.2) is 5.82 Å². The van der Waals surface area contributed by atoms with Crippen molar-refractivity contribution in [2.45, 2.75) is 0 Å². The zero-order valence-corrected chi connectivity index (χ0v) is 22.8. The van der Waals surface area contributed by atoms with Gasteiger partial charge in [0, 0.05) is 33.8 Å². The van der Waals surface area contributed by atoms with E-state index in [9.17, 15) is 0 Å². The molecule has 0 fully saturated rings. The molecular formula is C39H25N3. The number of pyridine rings is 1. The highest BCUT2D eigenvalue weighted by Crippen LogP contribution is 2.32. The Bertz CT molecular complexity index is 2150. The summed E-state index contributed by atoms with van der Waals surface area (Å²) in [4.78, 5) is 14.9. The summed E-state index contributed by atoms with van der Waals surface area (Å²) in [6.07, 6.45) is 1.88. The van der Waals surface area contributed by atoms with Gasteiger partial charge in [-0.25, -0.2) is 9.97 Å². The fourth-order valence-corrected chi connectivity index (χ4v) is 5.70. The van der Waals surface area contributed by atoms with E-state index in [0.717, 1.165) is 44.7 Å². The zero-order chi connectivity index (χ0) is 27.9. The first-order chi connectivity index (χ1) is 20.8. The van der Waals surface area contributed by atoms with Crippen molar-refractivity contribution in [2.24, 2.45) is 0 Å². The molecule has 3 nitrogen and oxygen atoms in total. The molecule has 0 aliphatic heterocycles. The molecule has 0 unspecified atom stereocenters. The van der Waals surface area contributed by atoms with Crippen LogP contribution in [0.2, 0.25) is 0 Å². The van der Waals surface area contributed by atoms with Crippen molar-refractivity contribution in [2.75, 3.05) is 0 Å². The maximum absolute atomic E-state index is 5.09. The molecule has 0 bridgehead atoms. The van der Waals surface area contributed by atoms with Gasteiger partial charge in [0.25, 0.3) is 0 Å². The first-order valence-electron chi connectivity index (χ1n) is 14.1. The van der Waals surface area contributed by atoms with Gasteiger partial charge >= 0.3 is 0 Å². The average Bonchev–Trinajstić information content (AvgIpc) is 3.07. The van der Waals surface area contributed by atoms with Gasteiger partial charge in [0.05, 0.1) is 17.1 Å². The van der Waals surface area contributed by atoms with Crippen LogP contribution in [0.1, 0.15) is 0 Å². The molecule has 0 saturated heterocycles. The van der Waals surface area contributed by atoms with E-state index in [1.54, 1.807) is 0 Å². The van der Waals surface area contributed by atoms with Crippen LogP contribution in [0.25, 0.3) is 77.5 Å². The van der Waals surface area contributed by atoms with Crippen LogP contribution in [0, 0.1) is 0 Å². The Morgan fingerprint density at radius 1 is 0.357 bits per heavy atom. The molecular weight excluding hydrogens is 510 g/mol. The standard InChI is InChI=1S/C39H25N3/c1-3-10-31-23-33(19-13-26(31)7-1)37-25-36(41-39(42-37)34-20-14-27-8-2-4-11-32(27)24-34)29-15-17-30(18-16-29)38-35-12-6-5-9-28(35)21-22-40-38/h1-25H. The lowest BCUT2D eigenvalue weighted by atomic mass is 10.0. The van der Waals surface area contributed by atoms with E-state index in [1.807, 2.05) is 6.20 Å². The number of aromatic nitrogens is 3. The van der Waals surface area contributed by atoms with Crippen molar-refractivity contribution in [3.63, 3.8) is 0 Å². The molecule has 2 aromatic heterocycles. The summed E-state index contributed by atoms with van der Waals surface area (Å²) in [5.41, 5.74) is 6.93. The monoisotopic (exact) mass is 535 g/mol. The predicted molar refractivity (Wildman–Crippen MR) is 174 cm³/mol. The fraction of sp³-hybridized carbons (Fsp3) is 0. The van der Waals surface area contributed by atoms with Gasteiger partial charge < -0.3 is 0 Å². The van der Waals surface area contributed by atoms with E-state index in [0.29, 0.717) is 5.82 Å². The van der Waals surface area contributed by atoms with Gasteiger partial charge in [0.1, 0.15) is 0 Å². The van der Waals surface area contributed by atoms with Crippen LogP contribution >= 0.6 is 0 Å². The lowest BCUT2D eigenvalue weighted by molar-refractivity contribution is 1.18. The van der Waals surface area contributed by atoms with Crippen molar-refractivity contribution in [1.82, 2.24) is 15.0 Å². The molecule has 0 aliphatic carbocycles. The zero-order valence-electron chi connectivity index (χ0n) is 22.8. The summed E-state index contributed by atoms with van der Waals surface area (Å²) >= 11 is 0. The third-order valence-electron chi connectivity index (χ3n) is 7.91. The van der Waals surface area contributed by atoms with Crippen LogP contribution in [-0.4, -0.2) is 15.0 Å². The molecule has 6 aromatic carbocycles. The molecule has 0 amide bonds. The van der Waals surface area contributed by atoms with E-state index < -0.39 is 0 Å². The van der Waals surface area contributed by atoms with Crippen LogP contribution in [0.15, 0.2) is 152 Å². The first-order valence-corrected chi connectivity index (χ1v) is 14.1. The number of benzene rings is 6. The topological polar surface area (TPSA) is 38.7 Å². The van der Waals surface area contributed by atoms with Gasteiger partial charge in [-0.1, -0.05) is 121 Å². The molecule has 8 aromatic rings. The molecule has 0 aliphatic rings. The van der Waals surface area contributed by atoms with E-state index in [1.165, 1.54) is 26.9 Å². The normalized spacial score (nSPS) is 11.3. The average molecular weight is 536 g/mol. The van der Waals surface area contributed by atoms with Crippen molar-refractivity contribution in [3.05, 3.63) is 152 Å². The number of hydrogen-bond acceptors (Lipinski definition) is 3. The molecule has 0 N–H and O–H groups in total. The predicted octanol–water partition coefficient (Wildman–Crippen LogP) is 10.00. The number of hydrogen-bond donors (Lipinski definition) is 0. The molecule has 0 atom stereocenters. The van der Waals surface area contributed by atoms with Gasteiger partial charge in [-0.05, 0) is 51.2 Å². The Balaban J connectivity index is 1.27. The molecule has 2 heterocycles. The molecule has 3 heteroatoms. The van der Waals surface area contributed by atoms with Gasteiger partial charge in [0.2, 0.25) is 0 Å². The molecule has 0 radical (unpaired) electrons. The second-order valence-corrected chi connectivity index (χ2v) is 10.5. The highest BCUT2D eigenvalue weighted by atomic mass is 14.9. The quantitative estimate of drug-likeness (QED) is 0.225. The van der Waals surface area contributed by atoms with E-state index in [2.05, 4.69) is 146 Å². The third-order valence-corrected chi connectivity index (χ3v) is 7.91. The van der Waals surface area contributed by atoms with Crippen LogP contribution in [0.3, 0.4) is 0 Å². The number of fused-ring (bicyclic) bond motifs is 3. The van der Waals surface area contributed by atoms with Gasteiger partial charge in [-0.3, -0.25) is 4.98 Å². The summed E-state index contributed by atoms with van der Waals surface area (Å²) in [5, 5.41) is 7.10. The van der Waals surface area contributed by atoms with Crippen molar-refractivity contribution in [1.29, 1.82) is 0 Å². The second-order valence-electron chi connectivity index (χ2n) is 10.5. The highest BCUT2D eigenvalue weighted by molar-refractivity contribution is 5.95. The Morgan fingerprint density at radius 2 is 0.881 bits per heavy atom. The Hall–Kier alpha value is -5.67. The lowest BCUT2D eigenvalue weighted by Gasteiger charge is -2.11. The highest BCUT2D eigenvalue weighted by Gasteiger charge is 2.13. The summed E-state index contributed by atoms with van der Waals surface area (Å²) in [6, 6.07) is 50.8. The number of nitrogens with zero attached hydrogens (tertiary/aromatic N) is 3. The van der Waals surface area contributed by atoms with Crippen molar-refractivity contribution >= 4 is 32.3 Å². The molecule has 0 spiro atoms. The maximum Gasteiger partial charge on any atom is 0.160 e. The minimum atomic E-state index is 0.709. The second kappa shape index (κ2) is 10.1. The molecule has 42 heavy (non-hydrogen) atoms. The van der Waals surface area contributed by atoms with Crippen LogP contribution in [-0.2, 0) is 0 Å². The van der Waals surface area contributed by atoms with Crippen LogP contribution in [0.5, 0.6) is 0 Å². The van der Waals surface area contributed by atoms with Gasteiger partial charge in [-0.2, -0.15) is 0 Å². The Morgan fingerprint density at radius 3 is 1.60 bits per heavy atom. The van der Waals surface area contributed by atoms with Crippen molar-refractivity contribution < 1.29 is 0 Å². The SMILES string of the molecule is c1ccc2cc(-c3cc(-c4ccc(-c5nccc6ccccc56)cc4)nc(-c4ccc5ccccc5c4)n3)ccc2c1. The van der Waals surface area contributed by atoms with E-state index >= 15 is 0 Å². The molecule has 8 rings (SSSR count). The third kappa shape index (κ3) is 4.38. The van der Waals surface area contributed by atoms with Gasteiger partial charge in [-0.15, -0.1) is 0 Å². The minimum absolute atomic E-state index is 0.709. The first kappa shape index (κ1) is 24.2. The van der Waals surface area contributed by atoms with Crippen LogP contribution < -0.4 is 0 Å². The Kier molecular flexibility index (Phi) is 5.79. The summed E-state index contributed by atoms with van der Waals surface area (Å²) in [7, 11) is 0. The minimum Gasteiger partial charge on any atom is -0.256 e. The maximum atomic E-state index is 5.09. The number of rotatable bonds is 4. The van der Waals surface area contributed by atoms with E-state index in [-0.39, 0.29) is 0 Å². The van der Waals surface area contributed by atoms with Crippen molar-refractivity contribution in [3.8, 4) is 45.2 Å². The fourth-order valence-electron chi connectivity index (χ4n) is 5.70.